The van der Waals surface area contributed by atoms with Crippen LogP contribution < -0.4 is 0 Å². The topological polar surface area (TPSA) is 152 Å². The number of ether oxygens (including phenoxy) is 4. The second-order valence-electron chi connectivity index (χ2n) is 7.16. The largest absolute Gasteiger partial charge is 0.508 e. The molecule has 0 radical (unpaired) electrons. The van der Waals surface area contributed by atoms with Gasteiger partial charge in [0.1, 0.15) is 49.5 Å². The molecule has 4 N–H and O–H groups in total. The van der Waals surface area contributed by atoms with E-state index in [1.165, 1.54) is 18.2 Å². The van der Waals surface area contributed by atoms with Crippen LogP contribution in [-0.4, -0.2) is 82.4 Å². The molecule has 0 bridgehead atoms. The Labute approximate surface area is 172 Å². The van der Waals surface area contributed by atoms with Gasteiger partial charge in [0.2, 0.25) is 0 Å². The van der Waals surface area contributed by atoms with Crippen molar-refractivity contribution in [3.63, 3.8) is 0 Å². The zero-order valence-corrected chi connectivity index (χ0v) is 16.2. The smallest absolute Gasteiger partial charge is 0.330 e. The highest BCUT2D eigenvalue weighted by Crippen LogP contribution is 2.27. The Kier molecular flexibility index (Phi) is 7.06. The minimum absolute atomic E-state index is 0.0209. The van der Waals surface area contributed by atoms with Crippen molar-refractivity contribution < 1.29 is 49.0 Å². The maximum absolute atomic E-state index is 11.9. The molecule has 10 heteroatoms. The van der Waals surface area contributed by atoms with Gasteiger partial charge in [-0.2, -0.15) is 0 Å². The van der Waals surface area contributed by atoms with Gasteiger partial charge in [-0.15, -0.1) is 0 Å². The highest BCUT2D eigenvalue weighted by molar-refractivity contribution is 5.87. The summed E-state index contributed by atoms with van der Waals surface area (Å²) in [5.41, 5.74) is 0.660. The summed E-state index contributed by atoms with van der Waals surface area (Å²) in [6.45, 7) is 1.17. The predicted molar refractivity (Wildman–Crippen MR) is 99.8 cm³/mol. The molecule has 2 saturated heterocycles. The number of carbonyl (C=O) groups excluding carboxylic acids is 2. The van der Waals surface area contributed by atoms with Gasteiger partial charge in [0.25, 0.3) is 0 Å². The van der Waals surface area contributed by atoms with E-state index in [0.29, 0.717) is 5.56 Å². The van der Waals surface area contributed by atoms with E-state index < -0.39 is 61.3 Å². The average Bonchev–Trinajstić information content (AvgIpc) is 3.05. The highest BCUT2D eigenvalue weighted by atomic mass is 16.7. The monoisotopic (exact) mass is 424 g/mol. The van der Waals surface area contributed by atoms with Gasteiger partial charge in [0, 0.05) is 6.08 Å². The van der Waals surface area contributed by atoms with Gasteiger partial charge in [0.05, 0.1) is 5.92 Å². The van der Waals surface area contributed by atoms with E-state index in [0.717, 1.165) is 6.08 Å². The van der Waals surface area contributed by atoms with Crippen LogP contribution >= 0.6 is 0 Å². The van der Waals surface area contributed by atoms with Gasteiger partial charge < -0.3 is 39.4 Å². The lowest BCUT2D eigenvalue weighted by Crippen LogP contribution is -2.60. The molecule has 0 saturated carbocycles. The lowest BCUT2D eigenvalue weighted by Gasteiger charge is -2.40. The number of phenols is 1. The number of phenolic OH excluding ortho intramolecular Hbond substituents is 1. The first kappa shape index (κ1) is 22.2. The van der Waals surface area contributed by atoms with Crippen molar-refractivity contribution >= 4 is 18.0 Å². The molecule has 0 aromatic heterocycles. The molecule has 2 aliphatic rings. The number of cyclic esters (lactones) is 1. The molecule has 2 aliphatic heterocycles. The number of aliphatic hydroxyl groups excluding tert-OH is 3. The molecule has 2 fully saturated rings. The van der Waals surface area contributed by atoms with Crippen molar-refractivity contribution in [2.75, 3.05) is 13.2 Å². The van der Waals surface area contributed by atoms with E-state index in [9.17, 15) is 30.0 Å². The summed E-state index contributed by atoms with van der Waals surface area (Å²) in [6, 6.07) is 6.14. The van der Waals surface area contributed by atoms with Gasteiger partial charge in [-0.1, -0.05) is 12.1 Å². The molecular weight excluding hydrogens is 400 g/mol. The molecule has 0 unspecified atom stereocenters. The van der Waals surface area contributed by atoms with E-state index in [2.05, 4.69) is 0 Å². The third-order valence-corrected chi connectivity index (χ3v) is 4.99. The van der Waals surface area contributed by atoms with E-state index >= 15 is 0 Å². The molecule has 164 valence electrons. The lowest BCUT2D eigenvalue weighted by molar-refractivity contribution is -0.313. The first-order valence-electron chi connectivity index (χ1n) is 9.42. The zero-order chi connectivity index (χ0) is 21.8. The van der Waals surface area contributed by atoms with E-state index in [1.54, 1.807) is 19.1 Å². The first-order chi connectivity index (χ1) is 14.3. The van der Waals surface area contributed by atoms with Crippen molar-refractivity contribution in [3.05, 3.63) is 35.9 Å². The molecule has 0 amide bonds. The number of carbonyl (C=O) groups is 2. The highest BCUT2D eigenvalue weighted by Gasteiger charge is 2.47. The van der Waals surface area contributed by atoms with Gasteiger partial charge >= 0.3 is 11.9 Å². The number of hydrogen-bond donors (Lipinski definition) is 4. The van der Waals surface area contributed by atoms with E-state index in [1.807, 2.05) is 0 Å². The van der Waals surface area contributed by atoms with Crippen molar-refractivity contribution in [2.45, 2.75) is 43.7 Å². The standard InChI is InChI=1S/C20H24O10/c1-10-13(8-28-19(10)26)29-20-18(25)17(24)16(23)14(30-20)9-27-15(22)7-4-11-2-5-12(21)6-3-11/h2-7,10,13-14,16-18,20-21,23-25H,8-9H2,1H3/t10-,13-,14+,16+,17-,18+,20-/m0/s1. The summed E-state index contributed by atoms with van der Waals surface area (Å²) >= 11 is 0. The van der Waals surface area contributed by atoms with Gasteiger partial charge in [-0.05, 0) is 30.7 Å². The van der Waals surface area contributed by atoms with E-state index in [4.69, 9.17) is 18.9 Å². The number of esters is 2. The number of hydrogen-bond acceptors (Lipinski definition) is 10. The minimum atomic E-state index is -1.60. The maximum atomic E-state index is 11.9. The fraction of sp³-hybridized carbons (Fsp3) is 0.500. The molecule has 1 aromatic rings. The molecule has 10 nitrogen and oxygen atoms in total. The molecule has 0 spiro atoms. The predicted octanol–water partition coefficient (Wildman–Crippen LogP) is -0.666. The Bertz CT molecular complexity index is 776. The summed E-state index contributed by atoms with van der Waals surface area (Å²) < 4.78 is 21.0. The van der Waals surface area contributed by atoms with Crippen LogP contribution in [0.15, 0.2) is 30.3 Å². The quantitative estimate of drug-likeness (QED) is 0.342. The second kappa shape index (κ2) is 9.54. The number of aliphatic hydroxyl groups is 3. The van der Waals surface area contributed by atoms with Crippen LogP contribution in [0.1, 0.15) is 12.5 Å². The van der Waals surface area contributed by atoms with Crippen molar-refractivity contribution in [1.29, 1.82) is 0 Å². The van der Waals surface area contributed by atoms with Crippen molar-refractivity contribution in [1.82, 2.24) is 0 Å². The summed E-state index contributed by atoms with van der Waals surface area (Å²) in [4.78, 5) is 23.4. The molecule has 2 heterocycles. The minimum Gasteiger partial charge on any atom is -0.508 e. The zero-order valence-electron chi connectivity index (χ0n) is 16.2. The van der Waals surface area contributed by atoms with Crippen molar-refractivity contribution in [2.24, 2.45) is 5.92 Å². The molecule has 30 heavy (non-hydrogen) atoms. The average molecular weight is 424 g/mol. The number of benzene rings is 1. The fourth-order valence-electron chi connectivity index (χ4n) is 3.05. The van der Waals surface area contributed by atoms with Crippen molar-refractivity contribution in [3.8, 4) is 5.75 Å². The Balaban J connectivity index is 1.55. The first-order valence-corrected chi connectivity index (χ1v) is 9.42. The van der Waals surface area contributed by atoms with Gasteiger partial charge in [-0.3, -0.25) is 4.79 Å². The summed E-state index contributed by atoms with van der Waals surface area (Å²) in [7, 11) is 0. The summed E-state index contributed by atoms with van der Waals surface area (Å²) in [6.07, 6.45) is -5.25. The SMILES string of the molecule is C[C@@H]1C(=O)OC[C@@H]1O[C@H]1O[C@H](COC(=O)C=Cc2ccc(O)cc2)[C@@H](O)[C@H](O)[C@H]1O. The third-order valence-electron chi connectivity index (χ3n) is 4.99. The molecular formula is C20H24O10. The van der Waals surface area contributed by atoms with Crippen LogP contribution in [0.4, 0.5) is 0 Å². The summed E-state index contributed by atoms with van der Waals surface area (Å²) in [5.74, 6) is -1.65. The molecule has 1 aromatic carbocycles. The summed E-state index contributed by atoms with van der Waals surface area (Å²) in [5, 5.41) is 39.6. The van der Waals surface area contributed by atoms with Crippen LogP contribution in [0.2, 0.25) is 0 Å². The van der Waals surface area contributed by atoms with E-state index in [-0.39, 0.29) is 12.4 Å². The van der Waals surface area contributed by atoms with Gasteiger partial charge in [-0.25, -0.2) is 4.79 Å². The maximum Gasteiger partial charge on any atom is 0.330 e. The fourth-order valence-corrected chi connectivity index (χ4v) is 3.05. The Morgan fingerprint density at radius 2 is 1.87 bits per heavy atom. The normalized spacial score (nSPS) is 34.1. The molecule has 3 rings (SSSR count). The Hall–Kier alpha value is -2.50. The van der Waals surface area contributed by atoms with Crippen LogP contribution in [0.3, 0.4) is 0 Å². The number of aromatic hydroxyl groups is 1. The third kappa shape index (κ3) is 5.15. The van der Waals surface area contributed by atoms with Crippen LogP contribution in [0.5, 0.6) is 5.75 Å². The molecule has 0 aliphatic carbocycles. The van der Waals surface area contributed by atoms with Crippen LogP contribution in [-0.2, 0) is 28.5 Å². The molecule has 7 atom stereocenters. The van der Waals surface area contributed by atoms with Crippen LogP contribution in [0.25, 0.3) is 6.08 Å². The second-order valence-corrected chi connectivity index (χ2v) is 7.16. The van der Waals surface area contributed by atoms with Gasteiger partial charge in [0.15, 0.2) is 6.29 Å². The lowest BCUT2D eigenvalue weighted by atomic mass is 9.99. The number of rotatable bonds is 6. The Morgan fingerprint density at radius 3 is 2.50 bits per heavy atom. The van der Waals surface area contributed by atoms with Crippen LogP contribution in [0, 0.1) is 5.92 Å². The Morgan fingerprint density at radius 1 is 1.17 bits per heavy atom.